The van der Waals surface area contributed by atoms with Gasteiger partial charge in [-0.05, 0) is 18.9 Å². The second-order valence-electron chi connectivity index (χ2n) is 6.31. The average Bonchev–Trinajstić information content (AvgIpc) is 3.16. The van der Waals surface area contributed by atoms with Crippen molar-refractivity contribution in [2.75, 3.05) is 19.8 Å². The highest BCUT2D eigenvalue weighted by Crippen LogP contribution is 2.32. The Bertz CT molecular complexity index is 985. The van der Waals surface area contributed by atoms with Crippen LogP contribution >= 0.6 is 20.2 Å². The topological polar surface area (TPSA) is 59.3 Å². The highest BCUT2D eigenvalue weighted by atomic mass is 32.1. The smallest absolute Gasteiger partial charge is 0.330 e. The van der Waals surface area contributed by atoms with E-state index in [1.165, 1.54) is 15.9 Å². The van der Waals surface area contributed by atoms with Gasteiger partial charge < -0.3 is 10.2 Å². The molecule has 1 N–H and O–H groups in total. The molecule has 2 aromatic rings. The lowest BCUT2D eigenvalue weighted by Crippen LogP contribution is -2.33. The van der Waals surface area contributed by atoms with Gasteiger partial charge in [-0.1, -0.05) is 8.86 Å². The van der Waals surface area contributed by atoms with Crippen molar-refractivity contribution < 1.29 is 18.0 Å². The Morgan fingerprint density at radius 2 is 2.04 bits per heavy atom. The molecule has 0 saturated carbocycles. The van der Waals surface area contributed by atoms with Crippen LogP contribution in [0.15, 0.2) is 4.79 Å². The third-order valence-electron chi connectivity index (χ3n) is 4.56. The molecule has 0 spiro atoms. The number of carbonyl (C=O) groups is 1. The van der Waals surface area contributed by atoms with Gasteiger partial charge in [0.15, 0.2) is 0 Å². The molecule has 0 bridgehead atoms. The zero-order chi connectivity index (χ0) is 19.7. The van der Waals surface area contributed by atoms with Crippen molar-refractivity contribution in [1.82, 2.24) is 19.4 Å². The first-order chi connectivity index (χ1) is 12.8. The van der Waals surface area contributed by atoms with E-state index in [9.17, 15) is 22.8 Å². The highest BCUT2D eigenvalue weighted by molar-refractivity contribution is 7.19. The standard InChI is InChI=1S/C16H20F3N4O2PS/c1-9-10(7-21-6-4-20-15(21)24)27-14-12(9)13(26)23(8-11(18)19)16(25)22(14)5-2-3-17/h11,26H,2-8H2,1H3,(H,20,24). The summed E-state index contributed by atoms with van der Waals surface area (Å²) < 4.78 is 41.0. The molecular weight excluding hydrogens is 400 g/mol. The Hall–Kier alpha value is -1.80. The van der Waals surface area contributed by atoms with Crippen LogP contribution in [0.3, 0.4) is 0 Å². The average molecular weight is 420 g/mol. The van der Waals surface area contributed by atoms with Crippen molar-refractivity contribution in [3.63, 3.8) is 0 Å². The Morgan fingerprint density at radius 1 is 1.30 bits per heavy atom. The number of fused-ring (bicyclic) bond motifs is 1. The van der Waals surface area contributed by atoms with E-state index in [1.54, 1.807) is 4.90 Å². The minimum absolute atomic E-state index is 0.102. The number of urea groups is 1. The van der Waals surface area contributed by atoms with Gasteiger partial charge in [0.1, 0.15) is 4.83 Å². The Kier molecular flexibility index (Phi) is 5.95. The van der Waals surface area contributed by atoms with Gasteiger partial charge >= 0.3 is 11.7 Å². The zero-order valence-corrected chi connectivity index (χ0v) is 16.5. The molecule has 0 aromatic carbocycles. The Morgan fingerprint density at radius 3 is 2.63 bits per heavy atom. The lowest BCUT2D eigenvalue weighted by molar-refractivity contribution is 0.123. The summed E-state index contributed by atoms with van der Waals surface area (Å²) in [5.41, 5.74) is 0.213. The fourth-order valence-corrected chi connectivity index (χ4v) is 5.11. The summed E-state index contributed by atoms with van der Waals surface area (Å²) in [6, 6.07) is -0.159. The van der Waals surface area contributed by atoms with Gasteiger partial charge in [0, 0.05) is 29.9 Å². The van der Waals surface area contributed by atoms with Crippen LogP contribution in [0, 0.1) is 12.0 Å². The second-order valence-corrected chi connectivity index (χ2v) is 7.87. The molecule has 3 rings (SSSR count). The number of nitrogens with one attached hydrogen (secondary N) is 1. The number of alkyl halides is 3. The molecule has 1 saturated heterocycles. The van der Waals surface area contributed by atoms with Crippen LogP contribution in [0.5, 0.6) is 0 Å². The molecule has 1 aliphatic rings. The van der Waals surface area contributed by atoms with Crippen LogP contribution in [0.4, 0.5) is 18.0 Å². The number of thiophene rings is 1. The molecular formula is C16H20F3N4O2PS. The number of rotatable bonds is 7. The van der Waals surface area contributed by atoms with Gasteiger partial charge in [0.25, 0.3) is 6.43 Å². The number of hydrogen-bond donors (Lipinski definition) is 1. The van der Waals surface area contributed by atoms with Gasteiger partial charge in [-0.3, -0.25) is 13.5 Å². The quantitative estimate of drug-likeness (QED) is 0.701. The van der Waals surface area contributed by atoms with Crippen molar-refractivity contribution in [2.24, 2.45) is 0 Å². The van der Waals surface area contributed by atoms with Crippen LogP contribution in [-0.4, -0.2) is 46.3 Å². The van der Waals surface area contributed by atoms with Crippen LogP contribution < -0.4 is 11.0 Å². The molecule has 0 atom stereocenters. The number of amides is 2. The first-order valence-electron chi connectivity index (χ1n) is 8.52. The number of nitrogens with zero attached hydrogens (tertiary/aromatic N) is 3. The molecule has 0 unspecified atom stereocenters. The van der Waals surface area contributed by atoms with E-state index < -0.39 is 25.3 Å². The van der Waals surface area contributed by atoms with E-state index in [0.717, 1.165) is 15.0 Å². The van der Waals surface area contributed by atoms with Crippen LogP contribution in [0.1, 0.15) is 16.9 Å². The van der Waals surface area contributed by atoms with E-state index in [4.69, 9.17) is 0 Å². The third-order valence-corrected chi connectivity index (χ3v) is 6.38. The minimum atomic E-state index is -2.70. The fourth-order valence-electron chi connectivity index (χ4n) is 3.18. The summed E-state index contributed by atoms with van der Waals surface area (Å²) in [4.78, 5) is 27.7. The minimum Gasteiger partial charge on any atom is -0.336 e. The van der Waals surface area contributed by atoms with Gasteiger partial charge in [-0.25, -0.2) is 18.4 Å². The first kappa shape index (κ1) is 19.9. The molecule has 6 nitrogen and oxygen atoms in total. The molecule has 0 aliphatic carbocycles. The predicted octanol–water partition coefficient (Wildman–Crippen LogP) is 3.00. The van der Waals surface area contributed by atoms with E-state index in [0.29, 0.717) is 29.9 Å². The number of aromatic nitrogens is 2. The molecule has 1 aliphatic heterocycles. The highest BCUT2D eigenvalue weighted by Gasteiger charge is 2.24. The normalized spacial score (nSPS) is 14.6. The lowest BCUT2D eigenvalue weighted by atomic mass is 10.2. The summed E-state index contributed by atoms with van der Waals surface area (Å²) in [7, 11) is 3.37. The number of carbonyl (C=O) groups excluding carboxylic acids is 1. The van der Waals surface area contributed by atoms with E-state index >= 15 is 0 Å². The van der Waals surface area contributed by atoms with Crippen LogP contribution in [0.2, 0.25) is 0 Å². The van der Waals surface area contributed by atoms with Crippen molar-refractivity contribution in [3.05, 3.63) is 26.0 Å². The van der Waals surface area contributed by atoms with Crippen molar-refractivity contribution >= 4 is 36.4 Å². The fraction of sp³-hybridized carbons (Fsp3) is 0.562. The number of halogens is 3. The molecule has 3 heterocycles. The van der Waals surface area contributed by atoms with Crippen molar-refractivity contribution in [3.8, 4) is 0 Å². The van der Waals surface area contributed by atoms with Crippen LogP contribution in [0.25, 0.3) is 10.2 Å². The Labute approximate surface area is 159 Å². The Balaban J connectivity index is 2.18. The lowest BCUT2D eigenvalue weighted by Gasteiger charge is -2.13. The first-order valence-corrected chi connectivity index (χ1v) is 9.83. The third kappa shape index (κ3) is 3.78. The maximum absolute atomic E-state index is 13.0. The maximum Gasteiger partial charge on any atom is 0.330 e. The van der Waals surface area contributed by atoms with Crippen LogP contribution in [-0.2, 0) is 19.6 Å². The zero-order valence-electron chi connectivity index (χ0n) is 14.7. The number of aryl methyl sites for hydroxylation is 2. The summed E-state index contributed by atoms with van der Waals surface area (Å²) in [6.07, 6.45) is -2.58. The molecule has 148 valence electrons. The SMILES string of the molecule is Cc1c(CN2CCNC2=O)sc2c1c(=P)n(CC(F)F)c(=O)n2CCCF. The monoisotopic (exact) mass is 420 g/mol. The summed E-state index contributed by atoms with van der Waals surface area (Å²) >= 11 is 1.33. The van der Waals surface area contributed by atoms with E-state index in [1.807, 2.05) is 6.92 Å². The molecule has 11 heteroatoms. The van der Waals surface area contributed by atoms with Gasteiger partial charge in [0.2, 0.25) is 0 Å². The second kappa shape index (κ2) is 8.06. The van der Waals surface area contributed by atoms with Gasteiger partial charge in [0.05, 0.1) is 24.8 Å². The van der Waals surface area contributed by atoms with E-state index in [2.05, 4.69) is 14.2 Å². The predicted molar refractivity (Wildman–Crippen MR) is 101 cm³/mol. The van der Waals surface area contributed by atoms with Gasteiger partial charge in [-0.15, -0.1) is 11.3 Å². The largest absolute Gasteiger partial charge is 0.336 e. The van der Waals surface area contributed by atoms with Crippen molar-refractivity contribution in [2.45, 2.75) is 39.4 Å². The molecule has 0 radical (unpaired) electrons. The van der Waals surface area contributed by atoms with Crippen molar-refractivity contribution in [1.29, 1.82) is 0 Å². The molecule has 2 amide bonds. The summed E-state index contributed by atoms with van der Waals surface area (Å²) in [5, 5.41) is 3.65. The molecule has 1 fully saturated rings. The molecule has 2 aromatic heterocycles. The maximum atomic E-state index is 13.0. The number of hydrogen-bond acceptors (Lipinski definition) is 3. The summed E-state index contributed by atoms with van der Waals surface area (Å²) in [6.45, 7) is 2.10. The van der Waals surface area contributed by atoms with E-state index in [-0.39, 0.29) is 24.1 Å². The molecule has 27 heavy (non-hydrogen) atoms. The summed E-state index contributed by atoms with van der Waals surface area (Å²) in [5.74, 6) is 0. The van der Waals surface area contributed by atoms with Gasteiger partial charge in [-0.2, -0.15) is 0 Å².